The van der Waals surface area contributed by atoms with E-state index in [1.54, 1.807) is 28.8 Å². The first-order chi connectivity index (χ1) is 16.5. The van der Waals surface area contributed by atoms with Crippen LogP contribution < -0.4 is 5.32 Å². The molecule has 178 valence electrons. The third-order valence-electron chi connectivity index (χ3n) is 5.98. The second-order valence-electron chi connectivity index (χ2n) is 8.49. The van der Waals surface area contributed by atoms with Crippen LogP contribution in [0.25, 0.3) is 11.4 Å². The molecule has 1 amide bonds. The zero-order chi connectivity index (χ0) is 23.9. The molecule has 1 unspecified atom stereocenters. The normalized spacial score (nSPS) is 15.7. The fourth-order valence-corrected chi connectivity index (χ4v) is 4.99. The van der Waals surface area contributed by atoms with Gasteiger partial charge in [0.2, 0.25) is 5.91 Å². The molecule has 1 saturated heterocycles. The van der Waals surface area contributed by atoms with Gasteiger partial charge in [0.25, 0.3) is 0 Å². The Hall–Kier alpha value is -2.97. The van der Waals surface area contributed by atoms with Crippen LogP contribution in [0.15, 0.2) is 72.4 Å². The molecule has 6 nitrogen and oxygen atoms in total. The minimum Gasteiger partial charge on any atom is -0.352 e. The van der Waals surface area contributed by atoms with Crippen molar-refractivity contribution in [2.75, 3.05) is 13.1 Å². The van der Waals surface area contributed by atoms with Gasteiger partial charge in [-0.15, -0.1) is 16.8 Å². The predicted octanol–water partition coefficient (Wildman–Crippen LogP) is 4.53. The van der Waals surface area contributed by atoms with E-state index in [4.69, 9.17) is 0 Å². The van der Waals surface area contributed by atoms with Crippen LogP contribution in [0.1, 0.15) is 25.3 Å². The average Bonchev–Trinajstić information content (AvgIpc) is 3.23. The van der Waals surface area contributed by atoms with Crippen LogP contribution in [0.5, 0.6) is 0 Å². The van der Waals surface area contributed by atoms with Crippen LogP contribution >= 0.6 is 11.8 Å². The summed E-state index contributed by atoms with van der Waals surface area (Å²) in [7, 11) is 0. The number of thioether (sulfide) groups is 1. The first-order valence-electron chi connectivity index (χ1n) is 11.6. The van der Waals surface area contributed by atoms with Crippen LogP contribution in [0, 0.1) is 5.82 Å². The number of rotatable bonds is 9. The molecule has 2 heterocycles. The Morgan fingerprint density at radius 2 is 1.88 bits per heavy atom. The van der Waals surface area contributed by atoms with E-state index in [1.807, 2.05) is 13.0 Å². The van der Waals surface area contributed by atoms with Crippen LogP contribution in [0.4, 0.5) is 4.39 Å². The van der Waals surface area contributed by atoms with Gasteiger partial charge in [0.15, 0.2) is 11.0 Å². The van der Waals surface area contributed by atoms with Crippen molar-refractivity contribution < 1.29 is 9.18 Å². The van der Waals surface area contributed by atoms with E-state index in [2.05, 4.69) is 51.3 Å². The number of allylic oxidation sites excluding steroid dienone is 1. The maximum Gasteiger partial charge on any atom is 0.233 e. The third-order valence-corrected chi connectivity index (χ3v) is 7.06. The van der Waals surface area contributed by atoms with Crippen molar-refractivity contribution in [2.45, 2.75) is 49.3 Å². The summed E-state index contributed by atoms with van der Waals surface area (Å²) in [6, 6.07) is 17.1. The highest BCUT2D eigenvalue weighted by atomic mass is 32.2. The molecule has 4 rings (SSSR count). The Kier molecular flexibility index (Phi) is 8.13. The number of aromatic nitrogens is 3. The van der Waals surface area contributed by atoms with Crippen molar-refractivity contribution >= 4 is 17.7 Å². The lowest BCUT2D eigenvalue weighted by Crippen LogP contribution is -2.46. The molecule has 8 heteroatoms. The number of likely N-dealkylation sites (tertiary alicyclic amines) is 1. The SMILES string of the molecule is C=CCn1c(SC(C)C(=O)NC2CCN(Cc3ccccc3)CC2)nnc1-c1ccccc1F. The molecular weight excluding hydrogens is 449 g/mol. The van der Waals surface area contributed by atoms with Crippen LogP contribution in [0.2, 0.25) is 0 Å². The van der Waals surface area contributed by atoms with Gasteiger partial charge in [-0.05, 0) is 37.5 Å². The molecule has 1 aliphatic heterocycles. The Bertz CT molecular complexity index is 1110. The lowest BCUT2D eigenvalue weighted by Gasteiger charge is -2.32. The molecule has 1 fully saturated rings. The molecule has 34 heavy (non-hydrogen) atoms. The summed E-state index contributed by atoms with van der Waals surface area (Å²) in [4.78, 5) is 15.3. The molecule has 0 bridgehead atoms. The monoisotopic (exact) mass is 479 g/mol. The molecular formula is C26H30FN5OS. The van der Waals surface area contributed by atoms with Gasteiger partial charge in [-0.2, -0.15) is 0 Å². The van der Waals surface area contributed by atoms with Crippen molar-refractivity contribution in [1.82, 2.24) is 25.0 Å². The molecule has 3 aromatic rings. The number of amides is 1. The highest BCUT2D eigenvalue weighted by molar-refractivity contribution is 8.00. The fourth-order valence-electron chi connectivity index (χ4n) is 4.12. The van der Waals surface area contributed by atoms with Gasteiger partial charge in [0.1, 0.15) is 5.82 Å². The third kappa shape index (κ3) is 5.93. The number of nitrogens with one attached hydrogen (secondary N) is 1. The summed E-state index contributed by atoms with van der Waals surface area (Å²) in [6.07, 6.45) is 3.58. The minimum atomic E-state index is -0.360. The highest BCUT2D eigenvalue weighted by Gasteiger charge is 2.25. The van der Waals surface area contributed by atoms with E-state index in [0.717, 1.165) is 32.5 Å². The lowest BCUT2D eigenvalue weighted by molar-refractivity contribution is -0.121. The molecule has 0 aliphatic carbocycles. The molecule has 1 aliphatic rings. The molecule has 1 atom stereocenters. The van der Waals surface area contributed by atoms with E-state index in [1.165, 1.54) is 23.4 Å². The van der Waals surface area contributed by atoms with Crippen molar-refractivity contribution in [3.8, 4) is 11.4 Å². The van der Waals surface area contributed by atoms with Crippen LogP contribution in [-0.4, -0.2) is 50.0 Å². The largest absolute Gasteiger partial charge is 0.352 e. The number of hydrogen-bond donors (Lipinski definition) is 1. The first kappa shape index (κ1) is 24.2. The topological polar surface area (TPSA) is 63.1 Å². The maximum atomic E-state index is 14.3. The Morgan fingerprint density at radius 1 is 1.18 bits per heavy atom. The van der Waals surface area contributed by atoms with Crippen molar-refractivity contribution in [1.29, 1.82) is 0 Å². The molecule has 2 aromatic carbocycles. The van der Waals surface area contributed by atoms with Crippen molar-refractivity contribution in [2.24, 2.45) is 0 Å². The average molecular weight is 480 g/mol. The Labute approximate surface area is 204 Å². The summed E-state index contributed by atoms with van der Waals surface area (Å²) in [5, 5.41) is 11.9. The summed E-state index contributed by atoms with van der Waals surface area (Å²) < 4.78 is 16.1. The number of halogens is 1. The van der Waals surface area contributed by atoms with E-state index in [9.17, 15) is 9.18 Å². The van der Waals surface area contributed by atoms with E-state index < -0.39 is 0 Å². The van der Waals surface area contributed by atoms with Gasteiger partial charge in [0.05, 0.1) is 10.8 Å². The number of carbonyl (C=O) groups is 1. The Morgan fingerprint density at radius 3 is 2.59 bits per heavy atom. The summed E-state index contributed by atoms with van der Waals surface area (Å²) >= 11 is 1.33. The second-order valence-corrected chi connectivity index (χ2v) is 9.80. The van der Waals surface area contributed by atoms with Gasteiger partial charge in [-0.3, -0.25) is 14.3 Å². The summed E-state index contributed by atoms with van der Waals surface area (Å²) in [5.41, 5.74) is 1.69. The standard InChI is InChI=1S/C26H30FN5OS/c1-3-15-32-24(22-11-7-8-12-23(22)27)29-30-26(32)34-19(2)25(33)28-21-13-16-31(17-14-21)18-20-9-5-4-6-10-20/h3-12,19,21H,1,13-18H2,2H3,(H,28,33). The molecule has 0 spiro atoms. The molecule has 0 saturated carbocycles. The van der Waals surface area contributed by atoms with Crippen LogP contribution in [-0.2, 0) is 17.9 Å². The summed E-state index contributed by atoms with van der Waals surface area (Å²) in [5.74, 6) is 0.0483. The number of nitrogens with zero attached hydrogens (tertiary/aromatic N) is 4. The number of carbonyl (C=O) groups excluding carboxylic acids is 1. The zero-order valence-corrected chi connectivity index (χ0v) is 20.2. The number of hydrogen-bond acceptors (Lipinski definition) is 5. The van der Waals surface area contributed by atoms with Crippen molar-refractivity contribution in [3.05, 3.63) is 78.6 Å². The molecule has 0 radical (unpaired) electrons. The lowest BCUT2D eigenvalue weighted by atomic mass is 10.0. The van der Waals surface area contributed by atoms with Gasteiger partial charge < -0.3 is 5.32 Å². The Balaban J connectivity index is 1.33. The quantitative estimate of drug-likeness (QED) is 0.361. The van der Waals surface area contributed by atoms with E-state index in [-0.39, 0.29) is 23.0 Å². The van der Waals surface area contributed by atoms with Gasteiger partial charge in [-0.1, -0.05) is 60.3 Å². The van der Waals surface area contributed by atoms with Gasteiger partial charge >= 0.3 is 0 Å². The van der Waals surface area contributed by atoms with Gasteiger partial charge in [-0.25, -0.2) is 4.39 Å². The smallest absolute Gasteiger partial charge is 0.233 e. The number of benzene rings is 2. The molecule has 1 N–H and O–H groups in total. The minimum absolute atomic E-state index is 0.0212. The van der Waals surface area contributed by atoms with E-state index in [0.29, 0.717) is 23.1 Å². The van der Waals surface area contributed by atoms with Crippen molar-refractivity contribution in [3.63, 3.8) is 0 Å². The zero-order valence-electron chi connectivity index (χ0n) is 19.4. The summed E-state index contributed by atoms with van der Waals surface area (Å²) in [6.45, 7) is 8.94. The first-order valence-corrected chi connectivity index (χ1v) is 12.5. The maximum absolute atomic E-state index is 14.3. The molecule has 1 aromatic heterocycles. The number of piperidine rings is 1. The van der Waals surface area contributed by atoms with Gasteiger partial charge in [0, 0.05) is 32.2 Å². The second kappa shape index (κ2) is 11.4. The fraction of sp³-hybridized carbons (Fsp3) is 0.346. The van der Waals surface area contributed by atoms with Crippen LogP contribution in [0.3, 0.4) is 0 Å². The highest BCUT2D eigenvalue weighted by Crippen LogP contribution is 2.28. The van der Waals surface area contributed by atoms with E-state index >= 15 is 0 Å². The predicted molar refractivity (Wildman–Crippen MR) is 134 cm³/mol.